The van der Waals surface area contributed by atoms with Gasteiger partial charge >= 0.3 is 0 Å². The van der Waals surface area contributed by atoms with E-state index in [9.17, 15) is 0 Å². The van der Waals surface area contributed by atoms with Crippen molar-refractivity contribution >= 4 is 12.4 Å². The summed E-state index contributed by atoms with van der Waals surface area (Å²) in [6.45, 7) is 3.78. The fourth-order valence-electron chi connectivity index (χ4n) is 1.31. The molecule has 1 heterocycles. The molecule has 1 aromatic heterocycles. The lowest BCUT2D eigenvalue weighted by Crippen LogP contribution is -2.12. The zero-order valence-electron chi connectivity index (χ0n) is 9.13. The molecular weight excluding hydrogens is 224 g/mol. The first kappa shape index (κ1) is 12.7. The third kappa shape index (κ3) is 3.05. The standard InChI is InChI=1S/C11H14N4.ClH/c1-2-12-8-10-9-13-15(14-10)11-6-4-3-5-7-11;/h3-7,9,12H,2,8H2,1H3;1H. The van der Waals surface area contributed by atoms with Gasteiger partial charge in [0.2, 0.25) is 0 Å². The van der Waals surface area contributed by atoms with E-state index in [1.807, 2.05) is 30.3 Å². The highest BCUT2D eigenvalue weighted by molar-refractivity contribution is 5.85. The molecule has 0 bridgehead atoms. The Hall–Kier alpha value is -1.39. The molecule has 1 N–H and O–H groups in total. The molecule has 0 amide bonds. The number of aromatic nitrogens is 3. The van der Waals surface area contributed by atoms with E-state index in [4.69, 9.17) is 0 Å². The van der Waals surface area contributed by atoms with Crippen LogP contribution in [-0.4, -0.2) is 21.5 Å². The summed E-state index contributed by atoms with van der Waals surface area (Å²) >= 11 is 0. The SMILES string of the molecule is CCNCc1cnn(-c2ccccc2)n1.Cl. The van der Waals surface area contributed by atoms with Crippen LogP contribution < -0.4 is 5.32 Å². The summed E-state index contributed by atoms with van der Waals surface area (Å²) in [4.78, 5) is 1.65. The molecule has 0 saturated heterocycles. The maximum Gasteiger partial charge on any atom is 0.0969 e. The Morgan fingerprint density at radius 3 is 2.69 bits per heavy atom. The Morgan fingerprint density at radius 2 is 2.00 bits per heavy atom. The second kappa shape index (κ2) is 6.25. The van der Waals surface area contributed by atoms with Crippen LogP contribution in [0, 0.1) is 0 Å². The van der Waals surface area contributed by atoms with Crippen molar-refractivity contribution in [2.45, 2.75) is 13.5 Å². The van der Waals surface area contributed by atoms with Crippen LogP contribution in [0.5, 0.6) is 0 Å². The fourth-order valence-corrected chi connectivity index (χ4v) is 1.31. The van der Waals surface area contributed by atoms with E-state index in [0.717, 1.165) is 24.5 Å². The van der Waals surface area contributed by atoms with Gasteiger partial charge in [-0.05, 0) is 18.7 Å². The summed E-state index contributed by atoms with van der Waals surface area (Å²) in [5.41, 5.74) is 1.95. The Kier molecular flexibility index (Phi) is 4.95. The van der Waals surface area contributed by atoms with Crippen molar-refractivity contribution in [3.05, 3.63) is 42.2 Å². The maximum atomic E-state index is 4.36. The minimum absolute atomic E-state index is 0. The molecule has 2 rings (SSSR count). The summed E-state index contributed by atoms with van der Waals surface area (Å²) in [6, 6.07) is 9.89. The molecular formula is C11H15ClN4. The van der Waals surface area contributed by atoms with Crippen LogP contribution >= 0.6 is 12.4 Å². The Bertz CT molecular complexity index is 413. The predicted octanol–water partition coefficient (Wildman–Crippen LogP) is 1.80. The van der Waals surface area contributed by atoms with Gasteiger partial charge in [0.25, 0.3) is 0 Å². The van der Waals surface area contributed by atoms with Crippen LogP contribution in [0.15, 0.2) is 36.5 Å². The van der Waals surface area contributed by atoms with Crippen LogP contribution in [0.2, 0.25) is 0 Å². The van der Waals surface area contributed by atoms with E-state index in [0.29, 0.717) is 0 Å². The van der Waals surface area contributed by atoms with E-state index >= 15 is 0 Å². The molecule has 0 radical (unpaired) electrons. The van der Waals surface area contributed by atoms with E-state index in [2.05, 4.69) is 22.4 Å². The van der Waals surface area contributed by atoms with E-state index < -0.39 is 0 Å². The number of rotatable bonds is 4. The first-order valence-corrected chi connectivity index (χ1v) is 5.07. The van der Waals surface area contributed by atoms with Gasteiger partial charge in [0.05, 0.1) is 17.6 Å². The Morgan fingerprint density at radius 1 is 1.25 bits per heavy atom. The first-order valence-electron chi connectivity index (χ1n) is 5.07. The number of nitrogens with one attached hydrogen (secondary N) is 1. The van der Waals surface area contributed by atoms with Gasteiger partial charge in [-0.15, -0.1) is 12.4 Å². The zero-order chi connectivity index (χ0) is 10.5. The molecule has 0 atom stereocenters. The molecule has 0 aliphatic carbocycles. The summed E-state index contributed by atoms with van der Waals surface area (Å²) in [6.07, 6.45) is 1.79. The highest BCUT2D eigenvalue weighted by Gasteiger charge is 2.00. The molecule has 0 aliphatic heterocycles. The second-order valence-corrected chi connectivity index (χ2v) is 3.24. The van der Waals surface area contributed by atoms with Crippen molar-refractivity contribution in [1.29, 1.82) is 0 Å². The van der Waals surface area contributed by atoms with Gasteiger partial charge in [-0.25, -0.2) is 0 Å². The lowest BCUT2D eigenvalue weighted by Gasteiger charge is -1.98. The molecule has 16 heavy (non-hydrogen) atoms. The topological polar surface area (TPSA) is 42.7 Å². The number of nitrogens with zero attached hydrogens (tertiary/aromatic N) is 3. The molecule has 86 valence electrons. The molecule has 0 spiro atoms. The van der Waals surface area contributed by atoms with Gasteiger partial charge in [-0.3, -0.25) is 0 Å². The molecule has 0 unspecified atom stereocenters. The zero-order valence-corrected chi connectivity index (χ0v) is 9.94. The van der Waals surface area contributed by atoms with E-state index in [1.165, 1.54) is 0 Å². The molecule has 0 saturated carbocycles. The van der Waals surface area contributed by atoms with E-state index in [-0.39, 0.29) is 12.4 Å². The van der Waals surface area contributed by atoms with Crippen LogP contribution in [0.4, 0.5) is 0 Å². The lowest BCUT2D eigenvalue weighted by atomic mass is 10.3. The summed E-state index contributed by atoms with van der Waals surface area (Å²) in [5.74, 6) is 0. The maximum absolute atomic E-state index is 4.36. The average Bonchev–Trinajstić information content (AvgIpc) is 2.76. The van der Waals surface area contributed by atoms with E-state index in [1.54, 1.807) is 11.0 Å². The minimum Gasteiger partial charge on any atom is -0.311 e. The average molecular weight is 239 g/mol. The molecule has 2 aromatic rings. The summed E-state index contributed by atoms with van der Waals surface area (Å²) in [7, 11) is 0. The smallest absolute Gasteiger partial charge is 0.0969 e. The third-order valence-corrected chi connectivity index (χ3v) is 2.08. The number of hydrogen-bond donors (Lipinski definition) is 1. The Labute approximate surface area is 101 Å². The van der Waals surface area contributed by atoms with Crippen LogP contribution in [0.25, 0.3) is 5.69 Å². The normalized spacial score (nSPS) is 9.81. The second-order valence-electron chi connectivity index (χ2n) is 3.24. The van der Waals surface area contributed by atoms with Gasteiger partial charge in [0, 0.05) is 6.54 Å². The van der Waals surface area contributed by atoms with Gasteiger partial charge in [-0.2, -0.15) is 15.0 Å². The van der Waals surface area contributed by atoms with Crippen molar-refractivity contribution < 1.29 is 0 Å². The molecule has 0 aliphatic rings. The van der Waals surface area contributed by atoms with Crippen molar-refractivity contribution in [3.8, 4) is 5.69 Å². The molecule has 1 aromatic carbocycles. The highest BCUT2D eigenvalue weighted by atomic mass is 35.5. The lowest BCUT2D eigenvalue weighted by molar-refractivity contribution is 0.684. The van der Waals surface area contributed by atoms with Gasteiger partial charge in [-0.1, -0.05) is 25.1 Å². The number of hydrogen-bond acceptors (Lipinski definition) is 3. The van der Waals surface area contributed by atoms with Crippen LogP contribution in [0.1, 0.15) is 12.6 Å². The quantitative estimate of drug-likeness (QED) is 0.883. The number of para-hydroxylation sites is 1. The van der Waals surface area contributed by atoms with Crippen molar-refractivity contribution in [2.24, 2.45) is 0 Å². The van der Waals surface area contributed by atoms with Crippen molar-refractivity contribution in [1.82, 2.24) is 20.3 Å². The fraction of sp³-hybridized carbons (Fsp3) is 0.273. The summed E-state index contributed by atoms with van der Waals surface area (Å²) in [5, 5.41) is 11.8. The molecule has 0 fully saturated rings. The molecule has 4 nitrogen and oxygen atoms in total. The van der Waals surface area contributed by atoms with Gasteiger partial charge < -0.3 is 5.32 Å². The largest absolute Gasteiger partial charge is 0.311 e. The predicted molar refractivity (Wildman–Crippen MR) is 66.0 cm³/mol. The van der Waals surface area contributed by atoms with Gasteiger partial charge in [0.15, 0.2) is 0 Å². The number of benzene rings is 1. The first-order chi connectivity index (χ1) is 7.40. The van der Waals surface area contributed by atoms with Crippen molar-refractivity contribution in [3.63, 3.8) is 0 Å². The van der Waals surface area contributed by atoms with Crippen molar-refractivity contribution in [2.75, 3.05) is 6.54 Å². The highest BCUT2D eigenvalue weighted by Crippen LogP contribution is 2.03. The molecule has 5 heteroatoms. The number of halogens is 1. The third-order valence-electron chi connectivity index (χ3n) is 2.08. The van der Waals surface area contributed by atoms with Gasteiger partial charge in [0.1, 0.15) is 0 Å². The van der Waals surface area contributed by atoms with Crippen LogP contribution in [-0.2, 0) is 6.54 Å². The minimum atomic E-state index is 0. The monoisotopic (exact) mass is 238 g/mol. The summed E-state index contributed by atoms with van der Waals surface area (Å²) < 4.78 is 0. The Balaban J connectivity index is 0.00000128. The van der Waals surface area contributed by atoms with Crippen LogP contribution in [0.3, 0.4) is 0 Å².